The van der Waals surface area contributed by atoms with Crippen LogP contribution in [-0.4, -0.2) is 22.6 Å². The summed E-state index contributed by atoms with van der Waals surface area (Å²) < 4.78 is 20.7. The van der Waals surface area contributed by atoms with Crippen molar-refractivity contribution >= 4 is 89.8 Å². The molecule has 6 aliphatic rings. The van der Waals surface area contributed by atoms with Gasteiger partial charge in [-0.2, -0.15) is 0 Å². The second kappa shape index (κ2) is 19.4. The number of fused-ring (bicyclic) bond motifs is 24. The molecule has 0 saturated carbocycles. The van der Waals surface area contributed by atoms with Crippen LogP contribution in [0.3, 0.4) is 0 Å². The lowest BCUT2D eigenvalue weighted by atomic mass is 9.34. The Morgan fingerprint density at radius 2 is 0.646 bits per heavy atom. The van der Waals surface area contributed by atoms with Crippen LogP contribution >= 0.6 is 0 Å². The Kier molecular flexibility index (Phi) is 10.9. The molecule has 0 atom stereocenters. The first kappa shape index (κ1) is 55.5. The molecular weight excluding hydrogens is 1200 g/mol. The standard InChI is InChI=1S/C93H64B2N2O2/c1-91(2,3)61-45-81-87-85(47-61)98-83-51-73-65(49-75(83)94(87)77-43-59(55-27-15-9-16-28-55)41-69-67-39-57(53-23-11-7-12-24-53)35-37-79(67)96(81)89(69)77)63-31-19-21-33-71(63)93(73)72-34-22-20-32-64(72)66-50-76-84(52-74(66)93)99-86-48-62(92(4,5)6)46-82-88(86)95(76)78-44-60(56-29-17-10-18-30-56)42-70-68-40-58(54-25-13-8-14-26-54)36-38-80(68)97(82)90(70)78/h7-52H,1-6H3. The Morgan fingerprint density at radius 1 is 0.283 bits per heavy atom. The first-order valence-electron chi connectivity index (χ1n) is 35.1. The van der Waals surface area contributed by atoms with E-state index in [-0.39, 0.29) is 24.3 Å². The molecule has 0 fully saturated rings. The van der Waals surface area contributed by atoms with Gasteiger partial charge in [0.25, 0.3) is 13.4 Å². The number of aromatic nitrogens is 2. The molecule has 0 unspecified atom stereocenters. The Morgan fingerprint density at radius 3 is 1.04 bits per heavy atom. The third-order valence-electron chi connectivity index (χ3n) is 23.3. The minimum Gasteiger partial charge on any atom is -0.458 e. The summed E-state index contributed by atoms with van der Waals surface area (Å²) in [5.41, 5.74) is 35.6. The molecule has 6 heterocycles. The van der Waals surface area contributed by atoms with E-state index in [1.165, 1.54) is 188 Å². The number of ether oxygens (including phenoxy) is 2. The molecule has 6 heteroatoms. The highest BCUT2D eigenvalue weighted by molar-refractivity contribution is 7.00. The quantitative estimate of drug-likeness (QED) is 0.164. The lowest BCUT2D eigenvalue weighted by Crippen LogP contribution is -2.58. The molecule has 0 bridgehead atoms. The maximum absolute atomic E-state index is 7.78. The molecule has 22 rings (SSSR count). The molecule has 2 aromatic heterocycles. The molecule has 0 radical (unpaired) electrons. The van der Waals surface area contributed by atoms with Gasteiger partial charge in [-0.05, 0) is 217 Å². The van der Waals surface area contributed by atoms with Gasteiger partial charge in [0.2, 0.25) is 0 Å². The highest BCUT2D eigenvalue weighted by Gasteiger charge is 2.55. The molecule has 0 N–H and O–H groups in total. The second-order valence-electron chi connectivity index (χ2n) is 30.6. The van der Waals surface area contributed by atoms with Gasteiger partial charge in [-0.3, -0.25) is 0 Å². The van der Waals surface area contributed by atoms with E-state index < -0.39 is 5.41 Å². The van der Waals surface area contributed by atoms with Crippen LogP contribution in [0.25, 0.3) is 122 Å². The van der Waals surface area contributed by atoms with E-state index in [0.29, 0.717) is 0 Å². The van der Waals surface area contributed by atoms with Crippen molar-refractivity contribution in [2.75, 3.05) is 0 Å². The van der Waals surface area contributed by atoms with E-state index in [1.54, 1.807) is 0 Å². The van der Waals surface area contributed by atoms with Gasteiger partial charge in [-0.1, -0.05) is 248 Å². The number of nitrogens with zero attached hydrogens (tertiary/aromatic N) is 2. The predicted molar refractivity (Wildman–Crippen MR) is 413 cm³/mol. The number of hydrogen-bond acceptors (Lipinski definition) is 2. The molecular formula is C93H64B2N2O2. The largest absolute Gasteiger partial charge is 0.458 e. The van der Waals surface area contributed by atoms with E-state index >= 15 is 0 Å². The van der Waals surface area contributed by atoms with Crippen LogP contribution in [0.15, 0.2) is 279 Å². The number of benzene rings is 14. The summed E-state index contributed by atoms with van der Waals surface area (Å²) in [6.07, 6.45) is 0. The molecule has 4 aliphatic heterocycles. The lowest BCUT2D eigenvalue weighted by Gasteiger charge is -2.37. The maximum Gasteiger partial charge on any atom is 0.256 e. The average Bonchev–Trinajstić information content (AvgIpc) is 1.53. The average molecular weight is 1260 g/mol. The summed E-state index contributed by atoms with van der Waals surface area (Å²) in [6, 6.07) is 106. The summed E-state index contributed by atoms with van der Waals surface area (Å²) in [4.78, 5) is 0. The summed E-state index contributed by atoms with van der Waals surface area (Å²) in [6.45, 7) is 13.7. The van der Waals surface area contributed by atoms with Gasteiger partial charge in [0.05, 0.1) is 16.4 Å². The fraction of sp³-hybridized carbons (Fsp3) is 0.0968. The number of hydrogen-bond donors (Lipinski definition) is 0. The zero-order valence-corrected chi connectivity index (χ0v) is 55.9. The predicted octanol–water partition coefficient (Wildman–Crippen LogP) is 19.4. The van der Waals surface area contributed by atoms with Crippen molar-refractivity contribution in [1.29, 1.82) is 0 Å². The van der Waals surface area contributed by atoms with Crippen LogP contribution < -0.4 is 42.3 Å². The van der Waals surface area contributed by atoms with Crippen molar-refractivity contribution < 1.29 is 9.47 Å². The van der Waals surface area contributed by atoms with Gasteiger partial charge in [-0.25, -0.2) is 0 Å². The first-order valence-corrected chi connectivity index (χ1v) is 35.1. The van der Waals surface area contributed by atoms with Gasteiger partial charge >= 0.3 is 0 Å². The highest BCUT2D eigenvalue weighted by atomic mass is 16.5. The van der Waals surface area contributed by atoms with Gasteiger partial charge < -0.3 is 18.6 Å². The van der Waals surface area contributed by atoms with E-state index in [0.717, 1.165) is 23.0 Å². The van der Waals surface area contributed by atoms with E-state index in [9.17, 15) is 0 Å². The van der Waals surface area contributed by atoms with Crippen LogP contribution in [0.2, 0.25) is 0 Å². The highest BCUT2D eigenvalue weighted by Crippen LogP contribution is 2.64. The smallest absolute Gasteiger partial charge is 0.256 e. The monoisotopic (exact) mass is 1260 g/mol. The van der Waals surface area contributed by atoms with E-state index in [1.807, 2.05) is 0 Å². The van der Waals surface area contributed by atoms with Crippen molar-refractivity contribution in [3.63, 3.8) is 0 Å². The summed E-state index contributed by atoms with van der Waals surface area (Å²) in [5, 5.41) is 4.99. The third-order valence-corrected chi connectivity index (χ3v) is 23.3. The molecule has 4 nitrogen and oxygen atoms in total. The van der Waals surface area contributed by atoms with Crippen molar-refractivity contribution in [2.24, 2.45) is 0 Å². The van der Waals surface area contributed by atoms with E-state index in [2.05, 4.69) is 330 Å². The van der Waals surface area contributed by atoms with Crippen LogP contribution in [-0.2, 0) is 16.2 Å². The molecule has 16 aromatic rings. The minimum absolute atomic E-state index is 0.142. The maximum atomic E-state index is 7.78. The number of rotatable bonds is 4. The van der Waals surface area contributed by atoms with Crippen LogP contribution in [0.4, 0.5) is 0 Å². The normalized spacial score (nSPS) is 14.2. The molecule has 0 saturated heterocycles. The van der Waals surface area contributed by atoms with Crippen molar-refractivity contribution in [3.8, 4) is 101 Å². The Bertz CT molecular complexity index is 5920. The Balaban J connectivity index is 0.795. The Hall–Kier alpha value is -11.6. The van der Waals surface area contributed by atoms with Crippen molar-refractivity contribution in [1.82, 2.24) is 9.13 Å². The summed E-state index contributed by atoms with van der Waals surface area (Å²) >= 11 is 0. The fourth-order valence-electron chi connectivity index (χ4n) is 18.8. The molecule has 1 spiro atoms. The van der Waals surface area contributed by atoms with Crippen LogP contribution in [0.1, 0.15) is 74.9 Å². The van der Waals surface area contributed by atoms with E-state index in [4.69, 9.17) is 9.47 Å². The molecule has 99 heavy (non-hydrogen) atoms. The Labute approximate surface area is 576 Å². The zero-order chi connectivity index (χ0) is 65.7. The fourth-order valence-corrected chi connectivity index (χ4v) is 18.8. The molecule has 464 valence electrons. The molecule has 2 aliphatic carbocycles. The van der Waals surface area contributed by atoms with Crippen LogP contribution in [0, 0.1) is 0 Å². The minimum atomic E-state index is -0.724. The lowest BCUT2D eigenvalue weighted by molar-refractivity contribution is 0.480. The third kappa shape index (κ3) is 7.40. The topological polar surface area (TPSA) is 28.3 Å². The molecule has 0 amide bonds. The van der Waals surface area contributed by atoms with Gasteiger partial charge in [0.15, 0.2) is 0 Å². The van der Waals surface area contributed by atoms with Gasteiger partial charge in [-0.15, -0.1) is 0 Å². The second-order valence-corrected chi connectivity index (χ2v) is 30.6. The van der Waals surface area contributed by atoms with Crippen molar-refractivity contribution in [3.05, 3.63) is 312 Å². The zero-order valence-electron chi connectivity index (χ0n) is 55.9. The summed E-state index contributed by atoms with van der Waals surface area (Å²) in [7, 11) is 0. The summed E-state index contributed by atoms with van der Waals surface area (Å²) in [5.74, 6) is 3.64. The van der Waals surface area contributed by atoms with Crippen molar-refractivity contribution in [2.45, 2.75) is 57.8 Å². The van der Waals surface area contributed by atoms with Crippen LogP contribution in [0.5, 0.6) is 23.0 Å². The van der Waals surface area contributed by atoms with Gasteiger partial charge in [0.1, 0.15) is 23.0 Å². The first-order chi connectivity index (χ1) is 48.3. The SMILES string of the molecule is CC(C)(C)c1cc2c3c(c1)-n1c4ccc(-c5ccccc5)cc4c4cc(-c5ccccc5)cc(c41)B3c1cc3c(cc1O2)C1(c2ccccc2-3)c2ccccc2-c2cc3c(cc21)Oc1cc(C(C)(C)C)cc2c1B3c1cc(-c3ccccc3)cc3c4cc(-c5ccccc5)ccc4n-2c13. The van der Waals surface area contributed by atoms with Gasteiger partial charge in [0, 0.05) is 44.0 Å². The molecule has 14 aromatic carbocycles.